The lowest BCUT2D eigenvalue weighted by Crippen LogP contribution is -2.37. The lowest BCUT2D eigenvalue weighted by Gasteiger charge is -2.27. The van der Waals surface area contributed by atoms with Gasteiger partial charge in [0.2, 0.25) is 5.88 Å². The van der Waals surface area contributed by atoms with Gasteiger partial charge in [-0.05, 0) is 77.1 Å². The standard InChI is InChI=1S/C27H35F2N3O3/c1-6-14-31(16-23(33)18-34-27(3,4)5)17-25-19(2)30-32(22-12-10-20(28)11-13-22)26(25)35-24-9-7-8-21(29)15-24/h7-13,15,23,33H,6,14,16-18H2,1-5H3/t23-/m0/s1. The van der Waals surface area contributed by atoms with Crippen molar-refractivity contribution < 1.29 is 23.4 Å². The Hall–Kier alpha value is -2.81. The molecule has 1 N–H and O–H groups in total. The van der Waals surface area contributed by atoms with E-state index in [2.05, 4.69) is 16.9 Å². The Labute approximate surface area is 206 Å². The van der Waals surface area contributed by atoms with Crippen molar-refractivity contribution in [2.24, 2.45) is 0 Å². The van der Waals surface area contributed by atoms with Crippen LogP contribution >= 0.6 is 0 Å². The molecule has 0 bridgehead atoms. The highest BCUT2D eigenvalue weighted by Crippen LogP contribution is 2.32. The highest BCUT2D eigenvalue weighted by atomic mass is 19.1. The molecule has 6 nitrogen and oxygen atoms in total. The maximum absolute atomic E-state index is 13.9. The van der Waals surface area contributed by atoms with Gasteiger partial charge in [-0.1, -0.05) is 13.0 Å². The van der Waals surface area contributed by atoms with Crippen molar-refractivity contribution in [3.63, 3.8) is 0 Å². The zero-order valence-corrected chi connectivity index (χ0v) is 21.1. The molecule has 0 saturated heterocycles. The molecule has 0 radical (unpaired) electrons. The number of aryl methyl sites for hydroxylation is 1. The van der Waals surface area contributed by atoms with Crippen LogP contribution in [0.15, 0.2) is 48.5 Å². The fourth-order valence-electron chi connectivity index (χ4n) is 3.70. The van der Waals surface area contributed by atoms with E-state index in [4.69, 9.17) is 9.47 Å². The Bertz CT molecular complexity index is 1090. The molecule has 0 fully saturated rings. The van der Waals surface area contributed by atoms with Gasteiger partial charge in [0.25, 0.3) is 0 Å². The zero-order chi connectivity index (χ0) is 25.6. The molecule has 0 aliphatic carbocycles. The Morgan fingerprint density at radius 3 is 2.43 bits per heavy atom. The molecule has 3 rings (SSSR count). The van der Waals surface area contributed by atoms with Crippen molar-refractivity contribution >= 4 is 0 Å². The number of aliphatic hydroxyl groups excluding tert-OH is 1. The van der Waals surface area contributed by atoms with Crippen molar-refractivity contribution in [1.82, 2.24) is 14.7 Å². The number of ether oxygens (including phenoxy) is 2. The van der Waals surface area contributed by atoms with Gasteiger partial charge in [-0.25, -0.2) is 13.5 Å². The van der Waals surface area contributed by atoms with E-state index in [0.29, 0.717) is 30.4 Å². The molecule has 1 atom stereocenters. The first-order chi connectivity index (χ1) is 16.6. The number of nitrogens with zero attached hydrogens (tertiary/aromatic N) is 3. The third kappa shape index (κ3) is 7.85. The second kappa shape index (κ2) is 11.7. The van der Waals surface area contributed by atoms with E-state index in [9.17, 15) is 13.9 Å². The highest BCUT2D eigenvalue weighted by molar-refractivity contribution is 5.43. The first-order valence-corrected chi connectivity index (χ1v) is 11.9. The second-order valence-corrected chi connectivity index (χ2v) is 9.63. The maximum atomic E-state index is 13.9. The van der Waals surface area contributed by atoms with E-state index in [-0.39, 0.29) is 18.0 Å². The molecule has 1 aromatic heterocycles. The summed E-state index contributed by atoms with van der Waals surface area (Å²) >= 11 is 0. The van der Waals surface area contributed by atoms with Gasteiger partial charge >= 0.3 is 0 Å². The zero-order valence-electron chi connectivity index (χ0n) is 21.1. The molecule has 35 heavy (non-hydrogen) atoms. The minimum absolute atomic E-state index is 0.226. The van der Waals surface area contributed by atoms with Crippen LogP contribution in [0.2, 0.25) is 0 Å². The molecule has 1 heterocycles. The molecule has 0 spiro atoms. The largest absolute Gasteiger partial charge is 0.438 e. The summed E-state index contributed by atoms with van der Waals surface area (Å²) in [5.74, 6) is -0.0226. The van der Waals surface area contributed by atoms with E-state index in [0.717, 1.165) is 24.2 Å². The Balaban J connectivity index is 1.93. The highest BCUT2D eigenvalue weighted by Gasteiger charge is 2.23. The average molecular weight is 488 g/mol. The molecule has 0 aliphatic rings. The van der Waals surface area contributed by atoms with Crippen LogP contribution < -0.4 is 4.74 Å². The molecule has 0 amide bonds. The summed E-state index contributed by atoms with van der Waals surface area (Å²) in [6.07, 6.45) is 0.221. The number of halogens is 2. The van der Waals surface area contributed by atoms with Crippen molar-refractivity contribution in [3.05, 3.63) is 71.4 Å². The van der Waals surface area contributed by atoms with Gasteiger partial charge < -0.3 is 14.6 Å². The number of aliphatic hydroxyl groups is 1. The number of hydrogen-bond donors (Lipinski definition) is 1. The molecule has 8 heteroatoms. The van der Waals surface area contributed by atoms with E-state index in [1.165, 1.54) is 24.3 Å². The van der Waals surface area contributed by atoms with Gasteiger partial charge in [-0.15, -0.1) is 0 Å². The molecule has 190 valence electrons. The summed E-state index contributed by atoms with van der Waals surface area (Å²) in [6.45, 7) is 11.6. The summed E-state index contributed by atoms with van der Waals surface area (Å²) in [5.41, 5.74) is 1.81. The summed E-state index contributed by atoms with van der Waals surface area (Å²) in [6, 6.07) is 11.8. The SMILES string of the molecule is CCCN(Cc1c(C)nn(-c2ccc(F)cc2)c1Oc1cccc(F)c1)C[C@H](O)COC(C)(C)C. The predicted molar refractivity (Wildman–Crippen MR) is 132 cm³/mol. The van der Waals surface area contributed by atoms with Crippen LogP contribution in [0.4, 0.5) is 8.78 Å². The van der Waals surface area contributed by atoms with Crippen LogP contribution in [0.3, 0.4) is 0 Å². The number of benzene rings is 2. The fourth-order valence-corrected chi connectivity index (χ4v) is 3.70. The summed E-state index contributed by atoms with van der Waals surface area (Å²) in [7, 11) is 0. The molecule has 2 aromatic carbocycles. The molecule has 0 saturated carbocycles. The fraction of sp³-hybridized carbons (Fsp3) is 0.444. The van der Waals surface area contributed by atoms with Crippen molar-refractivity contribution in [2.75, 3.05) is 19.7 Å². The van der Waals surface area contributed by atoms with Crippen molar-refractivity contribution in [3.8, 4) is 17.3 Å². The van der Waals surface area contributed by atoms with Gasteiger partial charge in [0.05, 0.1) is 35.3 Å². The van der Waals surface area contributed by atoms with Gasteiger partial charge in [-0.3, -0.25) is 4.90 Å². The van der Waals surface area contributed by atoms with Crippen LogP contribution in [-0.4, -0.2) is 51.2 Å². The summed E-state index contributed by atoms with van der Waals surface area (Å²) in [5, 5.41) is 15.3. The van der Waals surface area contributed by atoms with E-state index < -0.39 is 11.9 Å². The van der Waals surface area contributed by atoms with Gasteiger partial charge in [0, 0.05) is 19.2 Å². The number of rotatable bonds is 11. The minimum atomic E-state index is -0.666. The lowest BCUT2D eigenvalue weighted by molar-refractivity contribution is -0.0567. The van der Waals surface area contributed by atoms with Crippen LogP contribution in [0.5, 0.6) is 11.6 Å². The normalized spacial score (nSPS) is 12.8. The number of aromatic nitrogens is 2. The van der Waals surface area contributed by atoms with Gasteiger partial charge in [0.15, 0.2) is 0 Å². The van der Waals surface area contributed by atoms with Crippen molar-refractivity contribution in [2.45, 2.75) is 59.3 Å². The minimum Gasteiger partial charge on any atom is -0.438 e. The third-order valence-electron chi connectivity index (χ3n) is 5.32. The Kier molecular flexibility index (Phi) is 8.99. The second-order valence-electron chi connectivity index (χ2n) is 9.63. The predicted octanol–water partition coefficient (Wildman–Crippen LogP) is 5.64. The van der Waals surface area contributed by atoms with Crippen LogP contribution in [0.1, 0.15) is 45.4 Å². The summed E-state index contributed by atoms with van der Waals surface area (Å²) in [4.78, 5) is 2.12. The smallest absolute Gasteiger partial charge is 0.227 e. The monoisotopic (exact) mass is 487 g/mol. The molecular formula is C27H35F2N3O3. The van der Waals surface area contributed by atoms with E-state index >= 15 is 0 Å². The average Bonchev–Trinajstić information content (AvgIpc) is 3.07. The summed E-state index contributed by atoms with van der Waals surface area (Å²) < 4.78 is 40.9. The van der Waals surface area contributed by atoms with Crippen molar-refractivity contribution in [1.29, 1.82) is 0 Å². The first kappa shape index (κ1) is 26.8. The Morgan fingerprint density at radius 1 is 1.09 bits per heavy atom. The maximum Gasteiger partial charge on any atom is 0.227 e. The topological polar surface area (TPSA) is 59.8 Å². The molecular weight excluding hydrogens is 452 g/mol. The van der Waals surface area contributed by atoms with Crippen LogP contribution in [-0.2, 0) is 11.3 Å². The molecule has 3 aromatic rings. The van der Waals surface area contributed by atoms with Crippen LogP contribution in [0, 0.1) is 18.6 Å². The van der Waals surface area contributed by atoms with Gasteiger partial charge in [0.1, 0.15) is 17.4 Å². The lowest BCUT2D eigenvalue weighted by atomic mass is 10.2. The molecule has 0 aliphatic heterocycles. The quantitative estimate of drug-likeness (QED) is 0.379. The van der Waals surface area contributed by atoms with Gasteiger partial charge in [-0.2, -0.15) is 5.10 Å². The van der Waals surface area contributed by atoms with Crippen LogP contribution in [0.25, 0.3) is 5.69 Å². The first-order valence-electron chi connectivity index (χ1n) is 11.9. The van der Waals surface area contributed by atoms with E-state index in [1.807, 2.05) is 27.7 Å². The Morgan fingerprint density at radius 2 is 1.80 bits per heavy atom. The van der Waals surface area contributed by atoms with E-state index in [1.54, 1.807) is 28.9 Å². The third-order valence-corrected chi connectivity index (χ3v) is 5.32. The molecule has 0 unspecified atom stereocenters. The number of hydrogen-bond acceptors (Lipinski definition) is 5.